The number of nitrogens with one attached hydrogen (secondary N) is 1. The molecule has 26 heavy (non-hydrogen) atoms. The minimum Gasteiger partial charge on any atom is -0.350 e. The summed E-state index contributed by atoms with van der Waals surface area (Å²) in [5.74, 6) is 0.444. The summed E-state index contributed by atoms with van der Waals surface area (Å²) in [6.45, 7) is 6.01. The predicted molar refractivity (Wildman–Crippen MR) is 98.0 cm³/mol. The molecule has 6 heteroatoms. The maximum absolute atomic E-state index is 12.9. The van der Waals surface area contributed by atoms with Crippen LogP contribution in [0.3, 0.4) is 0 Å². The number of rotatable bonds is 6. The summed E-state index contributed by atoms with van der Waals surface area (Å²) < 4.78 is 38.8. The lowest BCUT2D eigenvalue weighted by molar-refractivity contribution is -0.137. The number of hydrogen-bond donors (Lipinski definition) is 1. The number of allylic oxidation sites excluding steroid dienone is 3. The summed E-state index contributed by atoms with van der Waals surface area (Å²) >= 11 is 5.65. The summed E-state index contributed by atoms with van der Waals surface area (Å²) in [6, 6.07) is 4.18. The second-order valence-corrected chi connectivity index (χ2v) is 7.44. The highest BCUT2D eigenvalue weighted by molar-refractivity contribution is 6.31. The Morgan fingerprint density at radius 1 is 1.27 bits per heavy atom. The zero-order valence-corrected chi connectivity index (χ0v) is 15.7. The first-order valence-corrected chi connectivity index (χ1v) is 8.99. The zero-order chi connectivity index (χ0) is 19.5. The van der Waals surface area contributed by atoms with E-state index < -0.39 is 11.7 Å². The molecule has 0 saturated heterocycles. The fourth-order valence-corrected chi connectivity index (χ4v) is 2.82. The highest BCUT2D eigenvalue weighted by Gasteiger charge is 2.39. The molecule has 3 atom stereocenters. The van der Waals surface area contributed by atoms with E-state index in [1.165, 1.54) is 12.1 Å². The summed E-state index contributed by atoms with van der Waals surface area (Å²) in [5, 5.41) is 2.59. The van der Waals surface area contributed by atoms with Crippen LogP contribution in [-0.2, 0) is 11.0 Å². The summed E-state index contributed by atoms with van der Waals surface area (Å²) in [4.78, 5) is 11.7. The van der Waals surface area contributed by atoms with Crippen molar-refractivity contribution in [2.45, 2.75) is 45.3 Å². The largest absolute Gasteiger partial charge is 0.417 e. The molecule has 0 bridgehead atoms. The van der Waals surface area contributed by atoms with Gasteiger partial charge in [-0.25, -0.2) is 0 Å². The summed E-state index contributed by atoms with van der Waals surface area (Å²) in [5.41, 5.74) is -0.147. The van der Waals surface area contributed by atoms with Crippen LogP contribution in [0.2, 0.25) is 5.02 Å². The Labute approximate surface area is 157 Å². The highest BCUT2D eigenvalue weighted by atomic mass is 35.5. The van der Waals surface area contributed by atoms with E-state index in [9.17, 15) is 18.0 Å². The van der Waals surface area contributed by atoms with Crippen LogP contribution in [0.1, 0.15) is 44.2 Å². The van der Waals surface area contributed by atoms with Gasteiger partial charge in [0.25, 0.3) is 0 Å². The van der Waals surface area contributed by atoms with Crippen LogP contribution in [0.4, 0.5) is 13.2 Å². The lowest BCUT2D eigenvalue weighted by atomic mass is 10.1. The molecule has 0 aromatic heterocycles. The van der Waals surface area contributed by atoms with Crippen LogP contribution >= 0.6 is 11.6 Å². The second-order valence-electron chi connectivity index (χ2n) is 7.03. The Bertz CT molecular complexity index is 709. The van der Waals surface area contributed by atoms with Crippen LogP contribution < -0.4 is 5.32 Å². The minimum atomic E-state index is -4.45. The third-order valence-electron chi connectivity index (χ3n) is 4.65. The van der Waals surface area contributed by atoms with Crippen LogP contribution in [0.25, 0.3) is 0 Å². The first kappa shape index (κ1) is 20.6. The normalized spacial score (nSPS) is 21.5. The summed E-state index contributed by atoms with van der Waals surface area (Å²) in [6.07, 6.45) is 3.14. The van der Waals surface area contributed by atoms with Gasteiger partial charge in [0.1, 0.15) is 0 Å². The van der Waals surface area contributed by atoms with Crippen LogP contribution in [0, 0.1) is 11.8 Å². The van der Waals surface area contributed by atoms with E-state index in [4.69, 9.17) is 11.6 Å². The van der Waals surface area contributed by atoms with Crippen molar-refractivity contribution in [2.24, 2.45) is 11.8 Å². The van der Waals surface area contributed by atoms with E-state index in [1.54, 1.807) is 18.2 Å². The van der Waals surface area contributed by atoms with E-state index in [2.05, 4.69) is 5.32 Å². The Morgan fingerprint density at radius 2 is 1.96 bits per heavy atom. The second kappa shape index (κ2) is 8.30. The number of hydrogen-bond acceptors (Lipinski definition) is 1. The molecule has 2 nitrogen and oxygen atoms in total. The van der Waals surface area contributed by atoms with E-state index >= 15 is 0 Å². The molecule has 1 aliphatic carbocycles. The average Bonchev–Trinajstić information content (AvgIpc) is 3.30. The van der Waals surface area contributed by atoms with E-state index in [0.29, 0.717) is 11.5 Å². The van der Waals surface area contributed by atoms with Gasteiger partial charge in [-0.3, -0.25) is 4.79 Å². The third kappa shape index (κ3) is 5.63. The van der Waals surface area contributed by atoms with Crippen LogP contribution in [0.15, 0.2) is 42.5 Å². The van der Waals surface area contributed by atoms with Gasteiger partial charge in [0.05, 0.1) is 10.6 Å². The molecule has 1 amide bonds. The van der Waals surface area contributed by atoms with Gasteiger partial charge < -0.3 is 5.32 Å². The van der Waals surface area contributed by atoms with Crippen molar-refractivity contribution in [1.82, 2.24) is 5.32 Å². The number of alkyl halides is 3. The molecule has 142 valence electrons. The van der Waals surface area contributed by atoms with Crippen molar-refractivity contribution < 1.29 is 18.0 Å². The third-order valence-corrected chi connectivity index (χ3v) is 4.98. The van der Waals surface area contributed by atoms with Gasteiger partial charge in [0.15, 0.2) is 0 Å². The van der Waals surface area contributed by atoms with Crippen molar-refractivity contribution >= 4 is 17.5 Å². The first-order valence-electron chi connectivity index (χ1n) is 8.61. The molecule has 1 fully saturated rings. The van der Waals surface area contributed by atoms with Gasteiger partial charge >= 0.3 is 6.18 Å². The van der Waals surface area contributed by atoms with Gasteiger partial charge in [0, 0.05) is 12.1 Å². The molecule has 0 aliphatic heterocycles. The van der Waals surface area contributed by atoms with E-state index in [-0.39, 0.29) is 28.8 Å². The quantitative estimate of drug-likeness (QED) is 0.491. The standard InChI is InChI=1S/C20H23ClF3NO/c1-12(2)13(3)25-19(26)7-5-4-6-14-10-16(14)15-8-9-18(21)17(11-15)20(22,23)24/h4-9,11-14,16H,10H2,1-3H3,(H,25,26)/t13?,14-,16-/m1/s1. The maximum Gasteiger partial charge on any atom is 0.417 e. The molecule has 0 radical (unpaired) electrons. The molecule has 0 heterocycles. The molecule has 2 rings (SSSR count). The van der Waals surface area contributed by atoms with Gasteiger partial charge in [-0.2, -0.15) is 13.2 Å². The Hall–Kier alpha value is -1.75. The van der Waals surface area contributed by atoms with Gasteiger partial charge in [-0.1, -0.05) is 49.7 Å². The number of benzene rings is 1. The zero-order valence-electron chi connectivity index (χ0n) is 15.0. The average molecular weight is 386 g/mol. The van der Waals surface area contributed by atoms with Crippen LogP contribution in [-0.4, -0.2) is 11.9 Å². The SMILES string of the molecule is CC(C)C(C)NC(=O)C=CC=C[C@@H]1C[C@H]1c1ccc(Cl)c(C(F)(F)F)c1. The molecule has 1 aliphatic rings. The van der Waals surface area contributed by atoms with E-state index in [0.717, 1.165) is 12.5 Å². The van der Waals surface area contributed by atoms with Crippen molar-refractivity contribution in [3.8, 4) is 0 Å². The van der Waals surface area contributed by atoms with E-state index in [1.807, 2.05) is 26.8 Å². The molecular formula is C20H23ClF3NO. The number of carbonyl (C=O) groups excluding carboxylic acids is 1. The lowest BCUT2D eigenvalue weighted by Crippen LogP contribution is -2.34. The fourth-order valence-electron chi connectivity index (χ4n) is 2.59. The van der Waals surface area contributed by atoms with Gasteiger partial charge in [-0.05, 0) is 48.8 Å². The monoisotopic (exact) mass is 385 g/mol. The Kier molecular flexibility index (Phi) is 6.56. The summed E-state index contributed by atoms with van der Waals surface area (Å²) in [7, 11) is 0. The van der Waals surface area contributed by atoms with Crippen molar-refractivity contribution in [1.29, 1.82) is 0 Å². The van der Waals surface area contributed by atoms with Crippen molar-refractivity contribution in [3.63, 3.8) is 0 Å². The molecule has 1 aromatic rings. The Morgan fingerprint density at radius 3 is 2.58 bits per heavy atom. The molecule has 1 saturated carbocycles. The highest BCUT2D eigenvalue weighted by Crippen LogP contribution is 2.49. The van der Waals surface area contributed by atoms with Crippen molar-refractivity contribution in [2.75, 3.05) is 0 Å². The minimum absolute atomic E-state index is 0.0628. The Balaban J connectivity index is 1.90. The molecule has 0 spiro atoms. The number of halogens is 4. The van der Waals surface area contributed by atoms with Crippen molar-refractivity contribution in [3.05, 3.63) is 58.7 Å². The number of carbonyl (C=O) groups is 1. The predicted octanol–water partition coefficient (Wildman–Crippen LogP) is 5.74. The molecule has 1 aromatic carbocycles. The molecule has 1 N–H and O–H groups in total. The smallest absolute Gasteiger partial charge is 0.350 e. The maximum atomic E-state index is 12.9. The molecule has 1 unspecified atom stereocenters. The molecular weight excluding hydrogens is 363 g/mol. The topological polar surface area (TPSA) is 29.1 Å². The number of amides is 1. The van der Waals surface area contributed by atoms with Crippen LogP contribution in [0.5, 0.6) is 0 Å². The first-order chi connectivity index (χ1) is 12.1. The van der Waals surface area contributed by atoms with Gasteiger partial charge in [0.2, 0.25) is 5.91 Å². The van der Waals surface area contributed by atoms with Gasteiger partial charge in [-0.15, -0.1) is 0 Å². The fraction of sp³-hybridized carbons (Fsp3) is 0.450. The lowest BCUT2D eigenvalue weighted by Gasteiger charge is -2.15.